The molecule has 0 radical (unpaired) electrons. The summed E-state index contributed by atoms with van der Waals surface area (Å²) in [7, 11) is 0. The van der Waals surface area contributed by atoms with Gasteiger partial charge in [0.15, 0.2) is 0 Å². The Morgan fingerprint density at radius 3 is 2.48 bits per heavy atom. The summed E-state index contributed by atoms with van der Waals surface area (Å²) in [6, 6.07) is 11.5. The summed E-state index contributed by atoms with van der Waals surface area (Å²) in [5, 5.41) is 5.38. The maximum atomic E-state index is 13.4. The lowest BCUT2D eigenvalue weighted by atomic mass is 9.74. The zero-order valence-corrected chi connectivity index (χ0v) is 18.7. The Morgan fingerprint density at radius 1 is 1.09 bits per heavy atom. The number of carbonyl (C=O) groups excluding carboxylic acids is 3. The van der Waals surface area contributed by atoms with Gasteiger partial charge in [0.1, 0.15) is 5.82 Å². The molecular weight excluding hydrogens is 425 g/mol. The maximum Gasteiger partial charge on any atom is 0.313 e. The highest BCUT2D eigenvalue weighted by Gasteiger charge is 2.35. The number of halogens is 1. The molecule has 0 unspecified atom stereocenters. The number of ether oxygens (including phenoxy) is 1. The molecule has 0 saturated carbocycles. The molecule has 0 bridgehead atoms. The van der Waals surface area contributed by atoms with Crippen LogP contribution in [0.2, 0.25) is 0 Å². The number of amides is 3. The van der Waals surface area contributed by atoms with Crippen molar-refractivity contribution in [3.63, 3.8) is 0 Å². The van der Waals surface area contributed by atoms with Gasteiger partial charge in [-0.1, -0.05) is 18.2 Å². The molecule has 33 heavy (non-hydrogen) atoms. The van der Waals surface area contributed by atoms with E-state index >= 15 is 0 Å². The van der Waals surface area contributed by atoms with Crippen LogP contribution in [-0.2, 0) is 24.5 Å². The fraction of sp³-hybridized carbons (Fsp3) is 0.400. The van der Waals surface area contributed by atoms with E-state index in [2.05, 4.69) is 10.6 Å². The Kier molecular flexibility index (Phi) is 6.74. The summed E-state index contributed by atoms with van der Waals surface area (Å²) in [5.74, 6) is -1.79. The van der Waals surface area contributed by atoms with Crippen LogP contribution in [0.1, 0.15) is 36.8 Å². The average molecular weight is 454 g/mol. The van der Waals surface area contributed by atoms with Crippen molar-refractivity contribution in [2.24, 2.45) is 0 Å². The Morgan fingerprint density at radius 2 is 1.82 bits per heavy atom. The van der Waals surface area contributed by atoms with Gasteiger partial charge < -0.3 is 20.3 Å². The smallest absolute Gasteiger partial charge is 0.313 e. The largest absolute Gasteiger partial charge is 0.381 e. The minimum Gasteiger partial charge on any atom is -0.381 e. The van der Waals surface area contributed by atoms with E-state index in [0.717, 1.165) is 23.2 Å². The molecule has 4 rings (SSSR count). The number of carbonyl (C=O) groups is 3. The first-order valence-electron chi connectivity index (χ1n) is 11.2. The van der Waals surface area contributed by atoms with Crippen molar-refractivity contribution in [1.82, 2.24) is 5.32 Å². The van der Waals surface area contributed by atoms with Gasteiger partial charge in [0.25, 0.3) is 0 Å². The summed E-state index contributed by atoms with van der Waals surface area (Å²) in [4.78, 5) is 39.0. The Labute approximate surface area is 192 Å². The van der Waals surface area contributed by atoms with E-state index in [-0.39, 0.29) is 18.3 Å². The van der Waals surface area contributed by atoms with E-state index in [0.29, 0.717) is 44.7 Å². The molecule has 2 aromatic carbocycles. The van der Waals surface area contributed by atoms with Crippen molar-refractivity contribution in [3.05, 3.63) is 59.4 Å². The van der Waals surface area contributed by atoms with Gasteiger partial charge in [-0.05, 0) is 61.6 Å². The summed E-state index contributed by atoms with van der Waals surface area (Å²) < 4.78 is 18.9. The van der Waals surface area contributed by atoms with E-state index in [9.17, 15) is 18.8 Å². The molecule has 0 spiro atoms. The second-order valence-corrected chi connectivity index (χ2v) is 8.69. The number of hydrogen-bond acceptors (Lipinski definition) is 4. The number of rotatable bonds is 5. The van der Waals surface area contributed by atoms with Crippen molar-refractivity contribution < 1.29 is 23.5 Å². The number of nitrogens with zero attached hydrogens (tertiary/aromatic N) is 1. The van der Waals surface area contributed by atoms with Crippen molar-refractivity contribution >= 4 is 29.1 Å². The molecular formula is C25H28FN3O4. The highest BCUT2D eigenvalue weighted by Crippen LogP contribution is 2.34. The first-order chi connectivity index (χ1) is 15.9. The number of hydrogen-bond donors (Lipinski definition) is 2. The molecule has 0 aliphatic carbocycles. The molecule has 2 N–H and O–H groups in total. The Hall–Kier alpha value is -3.26. The molecule has 2 saturated heterocycles. The molecule has 8 heteroatoms. The quantitative estimate of drug-likeness (QED) is 0.682. The van der Waals surface area contributed by atoms with Crippen molar-refractivity contribution in [2.45, 2.75) is 38.0 Å². The SMILES string of the molecule is Cc1ccc(NC(=O)C(=O)NCC2(c3ccc(F)cc3)CCOCC2)cc1N1CCCC1=O. The number of aryl methyl sites for hydroxylation is 1. The fourth-order valence-corrected chi connectivity index (χ4v) is 4.53. The van der Waals surface area contributed by atoms with E-state index in [1.54, 1.807) is 29.2 Å². The van der Waals surface area contributed by atoms with Gasteiger partial charge in [-0.15, -0.1) is 0 Å². The van der Waals surface area contributed by atoms with Gasteiger partial charge in [0.2, 0.25) is 5.91 Å². The zero-order chi connectivity index (χ0) is 23.4. The van der Waals surface area contributed by atoms with E-state index < -0.39 is 17.2 Å². The second-order valence-electron chi connectivity index (χ2n) is 8.69. The molecule has 2 fully saturated rings. The highest BCUT2D eigenvalue weighted by molar-refractivity contribution is 6.39. The van der Waals surface area contributed by atoms with Crippen LogP contribution in [0.25, 0.3) is 0 Å². The summed E-state index contributed by atoms with van der Waals surface area (Å²) >= 11 is 0. The molecule has 2 aliphatic rings. The van der Waals surface area contributed by atoms with Crippen LogP contribution in [-0.4, -0.2) is 44.0 Å². The van der Waals surface area contributed by atoms with Gasteiger partial charge >= 0.3 is 11.8 Å². The number of anilines is 2. The Balaban J connectivity index is 1.42. The van der Waals surface area contributed by atoms with Crippen LogP contribution in [0.3, 0.4) is 0 Å². The van der Waals surface area contributed by atoms with Gasteiger partial charge in [0.05, 0.1) is 0 Å². The van der Waals surface area contributed by atoms with Crippen LogP contribution in [0.15, 0.2) is 42.5 Å². The third kappa shape index (κ3) is 5.06. The molecule has 2 aliphatic heterocycles. The maximum absolute atomic E-state index is 13.4. The third-order valence-electron chi connectivity index (χ3n) is 6.53. The molecule has 174 valence electrons. The normalized spacial score (nSPS) is 17.6. The lowest BCUT2D eigenvalue weighted by Gasteiger charge is -2.37. The number of benzene rings is 2. The molecule has 7 nitrogen and oxygen atoms in total. The zero-order valence-electron chi connectivity index (χ0n) is 18.7. The minimum absolute atomic E-state index is 0.0573. The van der Waals surface area contributed by atoms with Crippen LogP contribution >= 0.6 is 0 Å². The molecule has 2 aromatic rings. The van der Waals surface area contributed by atoms with Crippen molar-refractivity contribution in [1.29, 1.82) is 0 Å². The van der Waals surface area contributed by atoms with Crippen LogP contribution in [0.4, 0.5) is 15.8 Å². The lowest BCUT2D eigenvalue weighted by Crippen LogP contribution is -2.47. The Bertz CT molecular complexity index is 1050. The highest BCUT2D eigenvalue weighted by atomic mass is 19.1. The minimum atomic E-state index is -0.779. The monoisotopic (exact) mass is 453 g/mol. The standard InChI is InChI=1S/C25H28FN3O4/c1-17-4-9-20(15-21(17)29-12-2-3-22(29)30)28-24(32)23(31)27-16-25(10-13-33-14-11-25)18-5-7-19(26)8-6-18/h4-9,15H,2-3,10-14,16H2,1H3,(H,27,31)(H,28,32). The molecule has 0 aromatic heterocycles. The molecule has 2 heterocycles. The van der Waals surface area contributed by atoms with Gasteiger partial charge in [-0.2, -0.15) is 0 Å². The van der Waals surface area contributed by atoms with Crippen molar-refractivity contribution in [2.75, 3.05) is 36.5 Å². The molecule has 3 amide bonds. The topological polar surface area (TPSA) is 87.7 Å². The van der Waals surface area contributed by atoms with Gasteiger partial charge in [0, 0.05) is 49.5 Å². The van der Waals surface area contributed by atoms with Gasteiger partial charge in [-0.3, -0.25) is 14.4 Å². The van der Waals surface area contributed by atoms with E-state index in [1.807, 2.05) is 13.0 Å². The van der Waals surface area contributed by atoms with Crippen LogP contribution in [0, 0.1) is 12.7 Å². The predicted octanol–water partition coefficient (Wildman–Crippen LogP) is 3.06. The average Bonchev–Trinajstić information content (AvgIpc) is 3.25. The third-order valence-corrected chi connectivity index (χ3v) is 6.53. The van der Waals surface area contributed by atoms with Crippen LogP contribution < -0.4 is 15.5 Å². The second kappa shape index (κ2) is 9.70. The number of nitrogens with one attached hydrogen (secondary N) is 2. The summed E-state index contributed by atoms with van der Waals surface area (Å²) in [6.07, 6.45) is 2.63. The predicted molar refractivity (Wildman–Crippen MR) is 123 cm³/mol. The lowest BCUT2D eigenvalue weighted by molar-refractivity contribution is -0.136. The summed E-state index contributed by atoms with van der Waals surface area (Å²) in [5.41, 5.74) is 2.61. The van der Waals surface area contributed by atoms with Crippen LogP contribution in [0.5, 0.6) is 0 Å². The van der Waals surface area contributed by atoms with Gasteiger partial charge in [-0.25, -0.2) is 4.39 Å². The molecule has 0 atom stereocenters. The van der Waals surface area contributed by atoms with Crippen molar-refractivity contribution in [3.8, 4) is 0 Å². The first-order valence-corrected chi connectivity index (χ1v) is 11.2. The van der Waals surface area contributed by atoms with E-state index in [4.69, 9.17) is 4.74 Å². The fourth-order valence-electron chi connectivity index (χ4n) is 4.53. The first kappa shape index (κ1) is 22.9. The van der Waals surface area contributed by atoms with E-state index in [1.165, 1.54) is 12.1 Å². The summed E-state index contributed by atoms with van der Waals surface area (Å²) in [6.45, 7) is 3.85.